The molecular weight excluding hydrogens is 266 g/mol. The molecule has 1 aliphatic heterocycles. The summed E-state index contributed by atoms with van der Waals surface area (Å²) in [5.41, 5.74) is 0.448. The second kappa shape index (κ2) is 6.59. The van der Waals surface area contributed by atoms with Crippen LogP contribution in [-0.2, 0) is 4.79 Å². The summed E-state index contributed by atoms with van der Waals surface area (Å²) in [6, 6.07) is 9.23. The van der Waals surface area contributed by atoms with Gasteiger partial charge in [-0.2, -0.15) is 5.26 Å². The summed E-state index contributed by atoms with van der Waals surface area (Å²) >= 11 is 0. The zero-order valence-electron chi connectivity index (χ0n) is 12.7. The van der Waals surface area contributed by atoms with Crippen molar-refractivity contribution in [2.45, 2.75) is 26.0 Å². The van der Waals surface area contributed by atoms with Gasteiger partial charge in [0.2, 0.25) is 0 Å². The number of hydrogen-bond acceptors (Lipinski definition) is 4. The second-order valence-corrected chi connectivity index (χ2v) is 5.51. The first-order valence-electron chi connectivity index (χ1n) is 7.17. The third-order valence-electron chi connectivity index (χ3n) is 3.77. The average Bonchev–Trinajstić information content (AvgIpc) is 2.47. The minimum Gasteiger partial charge on any atom is -0.480 e. The van der Waals surface area contributed by atoms with Crippen molar-refractivity contribution >= 4 is 5.91 Å². The summed E-state index contributed by atoms with van der Waals surface area (Å²) in [6.07, 6.45) is -0.592. The molecule has 2 rings (SSSR count). The van der Waals surface area contributed by atoms with E-state index < -0.39 is 6.10 Å². The van der Waals surface area contributed by atoms with E-state index in [1.54, 1.807) is 31.2 Å². The van der Waals surface area contributed by atoms with Crippen molar-refractivity contribution in [1.29, 1.82) is 5.26 Å². The van der Waals surface area contributed by atoms with Crippen LogP contribution in [-0.4, -0.2) is 54.5 Å². The van der Waals surface area contributed by atoms with E-state index in [-0.39, 0.29) is 11.9 Å². The van der Waals surface area contributed by atoms with Crippen molar-refractivity contribution in [3.05, 3.63) is 29.8 Å². The number of carbonyl (C=O) groups is 1. The van der Waals surface area contributed by atoms with E-state index in [1.807, 2.05) is 11.8 Å². The Balaban J connectivity index is 2.04. The monoisotopic (exact) mass is 287 g/mol. The summed E-state index contributed by atoms with van der Waals surface area (Å²) in [4.78, 5) is 16.6. The Morgan fingerprint density at radius 3 is 2.81 bits per heavy atom. The zero-order chi connectivity index (χ0) is 15.4. The number of rotatable bonds is 3. The maximum absolute atomic E-state index is 12.5. The van der Waals surface area contributed by atoms with E-state index in [4.69, 9.17) is 10.00 Å². The van der Waals surface area contributed by atoms with Crippen LogP contribution in [0, 0.1) is 11.3 Å². The van der Waals surface area contributed by atoms with Crippen molar-refractivity contribution in [3.8, 4) is 11.8 Å². The standard InChI is InChI=1S/C16H21N3O2/c1-12-11-18(3)8-9-19(12)16(20)13(2)21-15-7-5-4-6-14(15)10-17/h4-7,12-13H,8-9,11H2,1-3H3/t12-,13-/m1/s1. The molecule has 1 aromatic carbocycles. The number of nitriles is 1. The number of ether oxygens (including phenoxy) is 1. The van der Waals surface area contributed by atoms with Gasteiger partial charge < -0.3 is 14.5 Å². The SMILES string of the molecule is C[C@@H]1CN(C)CCN1C(=O)[C@@H](C)Oc1ccccc1C#N. The fourth-order valence-corrected chi connectivity index (χ4v) is 2.60. The van der Waals surface area contributed by atoms with E-state index in [0.717, 1.165) is 13.1 Å². The van der Waals surface area contributed by atoms with Gasteiger partial charge >= 0.3 is 0 Å². The van der Waals surface area contributed by atoms with Gasteiger partial charge in [-0.05, 0) is 33.0 Å². The van der Waals surface area contributed by atoms with Crippen LogP contribution in [0.5, 0.6) is 5.75 Å². The Labute approximate surface area is 125 Å². The maximum atomic E-state index is 12.5. The summed E-state index contributed by atoms with van der Waals surface area (Å²) in [5, 5.41) is 9.06. The van der Waals surface area contributed by atoms with Crippen LogP contribution < -0.4 is 4.74 Å². The molecule has 5 nitrogen and oxygen atoms in total. The van der Waals surface area contributed by atoms with E-state index in [9.17, 15) is 4.79 Å². The van der Waals surface area contributed by atoms with Crippen molar-refractivity contribution in [3.63, 3.8) is 0 Å². The maximum Gasteiger partial charge on any atom is 0.263 e. The molecule has 1 heterocycles. The van der Waals surface area contributed by atoms with Crippen LogP contribution in [0.4, 0.5) is 0 Å². The first-order valence-corrected chi connectivity index (χ1v) is 7.17. The number of carbonyl (C=O) groups excluding carboxylic acids is 1. The molecule has 1 saturated heterocycles. The second-order valence-electron chi connectivity index (χ2n) is 5.51. The molecule has 112 valence electrons. The van der Waals surface area contributed by atoms with Gasteiger partial charge in [-0.25, -0.2) is 0 Å². The Hall–Kier alpha value is -2.06. The highest BCUT2D eigenvalue weighted by molar-refractivity contribution is 5.81. The van der Waals surface area contributed by atoms with Gasteiger partial charge in [-0.15, -0.1) is 0 Å². The molecule has 0 radical (unpaired) electrons. The van der Waals surface area contributed by atoms with Crippen molar-refractivity contribution in [2.24, 2.45) is 0 Å². The molecule has 5 heteroatoms. The molecule has 0 aromatic heterocycles. The molecule has 0 aliphatic carbocycles. The number of hydrogen-bond donors (Lipinski definition) is 0. The quantitative estimate of drug-likeness (QED) is 0.845. The van der Waals surface area contributed by atoms with E-state index in [2.05, 4.69) is 18.0 Å². The normalized spacial score (nSPS) is 20.7. The van der Waals surface area contributed by atoms with Gasteiger partial charge in [-0.3, -0.25) is 4.79 Å². The number of piperazine rings is 1. The molecule has 21 heavy (non-hydrogen) atoms. The third-order valence-corrected chi connectivity index (χ3v) is 3.77. The molecule has 0 N–H and O–H groups in total. The highest BCUT2D eigenvalue weighted by Crippen LogP contribution is 2.19. The van der Waals surface area contributed by atoms with E-state index >= 15 is 0 Å². The first kappa shape index (κ1) is 15.3. The van der Waals surface area contributed by atoms with Gasteiger partial charge in [0.05, 0.1) is 5.56 Å². The molecule has 1 aromatic rings. The smallest absolute Gasteiger partial charge is 0.263 e. The topological polar surface area (TPSA) is 56.6 Å². The number of likely N-dealkylation sites (N-methyl/N-ethyl adjacent to an activating group) is 1. The number of para-hydroxylation sites is 1. The Kier molecular flexibility index (Phi) is 4.81. The summed E-state index contributed by atoms with van der Waals surface area (Å²) in [5.74, 6) is 0.436. The number of nitrogens with zero attached hydrogens (tertiary/aromatic N) is 3. The largest absolute Gasteiger partial charge is 0.480 e. The predicted octanol–water partition coefficient (Wildman–Crippen LogP) is 1.49. The van der Waals surface area contributed by atoms with E-state index in [0.29, 0.717) is 17.9 Å². The molecule has 0 saturated carbocycles. The first-order chi connectivity index (χ1) is 10.0. The van der Waals surface area contributed by atoms with Crippen molar-refractivity contribution < 1.29 is 9.53 Å². The molecule has 1 aliphatic rings. The van der Waals surface area contributed by atoms with Gasteiger partial charge in [0.1, 0.15) is 11.8 Å². The molecular formula is C16H21N3O2. The number of benzene rings is 1. The Bertz CT molecular complexity index is 553. The predicted molar refractivity (Wildman–Crippen MR) is 79.9 cm³/mol. The lowest BCUT2D eigenvalue weighted by Gasteiger charge is -2.39. The van der Waals surface area contributed by atoms with Crippen molar-refractivity contribution in [1.82, 2.24) is 9.80 Å². The highest BCUT2D eigenvalue weighted by atomic mass is 16.5. The zero-order valence-corrected chi connectivity index (χ0v) is 12.7. The van der Waals surface area contributed by atoms with Gasteiger partial charge in [0.15, 0.2) is 6.10 Å². The average molecular weight is 287 g/mol. The molecule has 0 bridgehead atoms. The Morgan fingerprint density at radius 2 is 2.14 bits per heavy atom. The van der Waals surface area contributed by atoms with Crippen LogP contribution in [0.25, 0.3) is 0 Å². The third kappa shape index (κ3) is 3.53. The lowest BCUT2D eigenvalue weighted by atomic mass is 10.1. The van der Waals surface area contributed by atoms with E-state index in [1.165, 1.54) is 0 Å². The van der Waals surface area contributed by atoms with Crippen LogP contribution in [0.15, 0.2) is 24.3 Å². The molecule has 0 spiro atoms. The van der Waals surface area contributed by atoms with Crippen LogP contribution in [0.1, 0.15) is 19.4 Å². The fraction of sp³-hybridized carbons (Fsp3) is 0.500. The Morgan fingerprint density at radius 1 is 1.43 bits per heavy atom. The molecule has 1 amide bonds. The van der Waals surface area contributed by atoms with Gasteiger partial charge in [-0.1, -0.05) is 12.1 Å². The highest BCUT2D eigenvalue weighted by Gasteiger charge is 2.30. The molecule has 0 unspecified atom stereocenters. The summed E-state index contributed by atoms with van der Waals surface area (Å²) in [7, 11) is 2.06. The van der Waals surface area contributed by atoms with Crippen LogP contribution >= 0.6 is 0 Å². The van der Waals surface area contributed by atoms with Crippen LogP contribution in [0.2, 0.25) is 0 Å². The van der Waals surface area contributed by atoms with Crippen LogP contribution in [0.3, 0.4) is 0 Å². The molecule has 1 fully saturated rings. The van der Waals surface area contributed by atoms with Crippen molar-refractivity contribution in [2.75, 3.05) is 26.7 Å². The minimum absolute atomic E-state index is 0.0247. The summed E-state index contributed by atoms with van der Waals surface area (Å²) in [6.45, 7) is 6.24. The number of amides is 1. The fourth-order valence-electron chi connectivity index (χ4n) is 2.60. The van der Waals surface area contributed by atoms with Gasteiger partial charge in [0.25, 0.3) is 5.91 Å². The van der Waals surface area contributed by atoms with Gasteiger partial charge in [0, 0.05) is 25.7 Å². The molecule has 2 atom stereocenters. The summed E-state index contributed by atoms with van der Waals surface area (Å²) < 4.78 is 5.70. The lowest BCUT2D eigenvalue weighted by Crippen LogP contribution is -2.55. The lowest BCUT2D eigenvalue weighted by molar-refractivity contribution is -0.142. The minimum atomic E-state index is -0.592.